The summed E-state index contributed by atoms with van der Waals surface area (Å²) in [6.45, 7) is 1.18. The van der Waals surface area contributed by atoms with Gasteiger partial charge in [0.1, 0.15) is 11.5 Å². The zero-order valence-electron chi connectivity index (χ0n) is 17.3. The molecular formula is C23H25BrN2O4. The summed E-state index contributed by atoms with van der Waals surface area (Å²) in [5.41, 5.74) is 1.21. The Morgan fingerprint density at radius 3 is 2.57 bits per heavy atom. The highest BCUT2D eigenvalue weighted by Gasteiger charge is 2.46. The van der Waals surface area contributed by atoms with Crippen molar-refractivity contribution < 1.29 is 19.4 Å². The molecule has 0 radical (unpaired) electrons. The van der Waals surface area contributed by atoms with E-state index in [0.29, 0.717) is 24.3 Å². The highest BCUT2D eigenvalue weighted by atomic mass is 79.9. The van der Waals surface area contributed by atoms with E-state index in [1.54, 1.807) is 29.2 Å². The summed E-state index contributed by atoms with van der Waals surface area (Å²) in [6, 6.07) is 13.7. The number of ether oxygens (including phenoxy) is 1. The Kier molecular flexibility index (Phi) is 6.95. The van der Waals surface area contributed by atoms with E-state index in [0.717, 1.165) is 16.6 Å². The summed E-state index contributed by atoms with van der Waals surface area (Å²) in [5, 5.41) is 11.1. The number of aliphatic hydroxyl groups excluding tert-OH is 1. The van der Waals surface area contributed by atoms with E-state index < -0.39 is 17.7 Å². The van der Waals surface area contributed by atoms with Gasteiger partial charge in [0.25, 0.3) is 11.7 Å². The third-order valence-corrected chi connectivity index (χ3v) is 5.56. The number of Topliss-reactive ketones (excluding diaryl/α,β-unsaturated/α-hetero) is 1. The van der Waals surface area contributed by atoms with Gasteiger partial charge in [-0.25, -0.2) is 0 Å². The molecule has 1 aliphatic rings. The van der Waals surface area contributed by atoms with Crippen LogP contribution in [0.2, 0.25) is 0 Å². The van der Waals surface area contributed by atoms with Crippen LogP contribution in [-0.2, 0) is 9.59 Å². The number of halogens is 1. The molecule has 0 saturated carbocycles. The molecular weight excluding hydrogens is 448 g/mol. The molecule has 158 valence electrons. The maximum Gasteiger partial charge on any atom is 0.295 e. The van der Waals surface area contributed by atoms with Gasteiger partial charge in [-0.15, -0.1) is 0 Å². The predicted octanol–water partition coefficient (Wildman–Crippen LogP) is 3.83. The number of ketones is 1. The number of hydrogen-bond acceptors (Lipinski definition) is 5. The number of carbonyl (C=O) groups is 2. The fourth-order valence-corrected chi connectivity index (χ4v) is 4.09. The molecule has 30 heavy (non-hydrogen) atoms. The number of nitrogens with zero attached hydrogens (tertiary/aromatic N) is 2. The van der Waals surface area contributed by atoms with Crippen LogP contribution in [0, 0.1) is 0 Å². The van der Waals surface area contributed by atoms with Gasteiger partial charge < -0.3 is 19.6 Å². The molecule has 1 amide bonds. The lowest BCUT2D eigenvalue weighted by atomic mass is 9.95. The van der Waals surface area contributed by atoms with Crippen molar-refractivity contribution in [2.45, 2.75) is 12.5 Å². The van der Waals surface area contributed by atoms with Gasteiger partial charge in [0.15, 0.2) is 0 Å². The van der Waals surface area contributed by atoms with Gasteiger partial charge in [-0.3, -0.25) is 9.59 Å². The van der Waals surface area contributed by atoms with Crippen LogP contribution in [0.25, 0.3) is 5.76 Å². The fraction of sp³-hybridized carbons (Fsp3) is 0.304. The van der Waals surface area contributed by atoms with E-state index in [1.165, 1.54) is 7.11 Å². The fourth-order valence-electron chi connectivity index (χ4n) is 3.68. The number of hydrogen-bond donors (Lipinski definition) is 1. The minimum absolute atomic E-state index is 0.0763. The molecule has 1 heterocycles. The maximum absolute atomic E-state index is 13.0. The normalized spacial score (nSPS) is 18.3. The Morgan fingerprint density at radius 1 is 1.17 bits per heavy atom. The lowest BCUT2D eigenvalue weighted by Crippen LogP contribution is -2.32. The van der Waals surface area contributed by atoms with Crippen LogP contribution in [0.4, 0.5) is 0 Å². The minimum Gasteiger partial charge on any atom is -0.507 e. The third-order valence-electron chi connectivity index (χ3n) is 5.07. The molecule has 0 bridgehead atoms. The Morgan fingerprint density at radius 2 is 1.90 bits per heavy atom. The van der Waals surface area contributed by atoms with Gasteiger partial charge >= 0.3 is 0 Å². The summed E-state index contributed by atoms with van der Waals surface area (Å²) in [6.07, 6.45) is 0.708. The average Bonchev–Trinajstić information content (AvgIpc) is 2.98. The average molecular weight is 473 g/mol. The van der Waals surface area contributed by atoms with E-state index in [4.69, 9.17) is 4.74 Å². The quantitative estimate of drug-likeness (QED) is 0.376. The molecule has 1 saturated heterocycles. The first-order chi connectivity index (χ1) is 14.3. The van der Waals surface area contributed by atoms with Gasteiger partial charge in [0, 0.05) is 11.0 Å². The van der Waals surface area contributed by atoms with E-state index in [9.17, 15) is 14.7 Å². The van der Waals surface area contributed by atoms with E-state index in [-0.39, 0.29) is 11.3 Å². The van der Waals surface area contributed by atoms with E-state index >= 15 is 0 Å². The van der Waals surface area contributed by atoms with Crippen LogP contribution in [0.1, 0.15) is 23.6 Å². The van der Waals surface area contributed by atoms with Gasteiger partial charge in [-0.2, -0.15) is 0 Å². The molecule has 1 unspecified atom stereocenters. The lowest BCUT2D eigenvalue weighted by molar-refractivity contribution is -0.139. The topological polar surface area (TPSA) is 70.1 Å². The first-order valence-electron chi connectivity index (χ1n) is 9.67. The zero-order chi connectivity index (χ0) is 21.8. The van der Waals surface area contributed by atoms with E-state index in [1.807, 2.05) is 43.3 Å². The smallest absolute Gasteiger partial charge is 0.295 e. The number of carbonyl (C=O) groups excluding carboxylic acids is 2. The summed E-state index contributed by atoms with van der Waals surface area (Å²) >= 11 is 3.46. The van der Waals surface area contributed by atoms with Gasteiger partial charge in [0.05, 0.1) is 24.3 Å². The summed E-state index contributed by atoms with van der Waals surface area (Å²) in [5.74, 6) is -1.09. The lowest BCUT2D eigenvalue weighted by Gasteiger charge is -2.26. The number of likely N-dealkylation sites (tertiary alicyclic amines) is 1. The summed E-state index contributed by atoms with van der Waals surface area (Å²) < 4.78 is 6.18. The second-order valence-corrected chi connectivity index (χ2v) is 8.32. The molecule has 1 fully saturated rings. The van der Waals surface area contributed by atoms with Crippen molar-refractivity contribution in [1.29, 1.82) is 0 Å². The largest absolute Gasteiger partial charge is 0.507 e. The Balaban J connectivity index is 2.14. The first kappa shape index (κ1) is 22.1. The van der Waals surface area contributed by atoms with Gasteiger partial charge in [-0.05, 0) is 56.9 Å². The van der Waals surface area contributed by atoms with Crippen molar-refractivity contribution in [1.82, 2.24) is 9.80 Å². The maximum atomic E-state index is 13.0. The number of rotatable bonds is 7. The summed E-state index contributed by atoms with van der Waals surface area (Å²) in [4.78, 5) is 29.5. The third kappa shape index (κ3) is 4.42. The van der Waals surface area contributed by atoms with Crippen LogP contribution >= 0.6 is 15.9 Å². The van der Waals surface area contributed by atoms with Crippen LogP contribution in [-0.4, -0.2) is 60.9 Å². The Hall–Kier alpha value is -2.64. The van der Waals surface area contributed by atoms with Gasteiger partial charge in [0.2, 0.25) is 0 Å². The monoisotopic (exact) mass is 472 g/mol. The highest BCUT2D eigenvalue weighted by molar-refractivity contribution is 9.10. The Labute approximate surface area is 184 Å². The highest BCUT2D eigenvalue weighted by Crippen LogP contribution is 2.41. The molecule has 2 aromatic rings. The van der Waals surface area contributed by atoms with E-state index in [2.05, 4.69) is 15.9 Å². The van der Waals surface area contributed by atoms with Crippen molar-refractivity contribution in [3.8, 4) is 5.75 Å². The summed E-state index contributed by atoms with van der Waals surface area (Å²) in [7, 11) is 5.42. The number of aliphatic hydroxyl groups is 1. The molecule has 0 aliphatic carbocycles. The van der Waals surface area contributed by atoms with Crippen LogP contribution in [0.5, 0.6) is 5.75 Å². The molecule has 1 aliphatic heterocycles. The molecule has 0 aromatic heterocycles. The second kappa shape index (κ2) is 9.45. The molecule has 2 aromatic carbocycles. The van der Waals surface area contributed by atoms with Crippen molar-refractivity contribution in [2.24, 2.45) is 0 Å². The van der Waals surface area contributed by atoms with Crippen molar-refractivity contribution >= 4 is 33.4 Å². The predicted molar refractivity (Wildman–Crippen MR) is 119 cm³/mol. The molecule has 1 N–H and O–H groups in total. The van der Waals surface area contributed by atoms with Crippen molar-refractivity contribution in [3.05, 3.63) is 69.7 Å². The first-order valence-corrected chi connectivity index (χ1v) is 10.5. The molecule has 6 nitrogen and oxygen atoms in total. The molecule has 3 rings (SSSR count). The number of amides is 1. The van der Waals surface area contributed by atoms with Crippen LogP contribution < -0.4 is 4.74 Å². The van der Waals surface area contributed by atoms with Crippen LogP contribution in [0.3, 0.4) is 0 Å². The number of methoxy groups -OCH3 is 1. The number of para-hydroxylation sites is 1. The SMILES string of the molecule is COc1ccccc1/C(O)=C1\C(=O)C(=O)N(CCCN(C)C)C1c1cccc(Br)c1. The minimum atomic E-state index is -0.687. The van der Waals surface area contributed by atoms with Crippen LogP contribution in [0.15, 0.2) is 58.6 Å². The Bertz CT molecular complexity index is 987. The van der Waals surface area contributed by atoms with Crippen molar-refractivity contribution in [3.63, 3.8) is 0 Å². The standard InChI is InChI=1S/C23H25BrN2O4/c1-25(2)12-7-13-26-20(15-8-6-9-16(24)14-15)19(22(28)23(26)29)21(27)17-10-4-5-11-18(17)30-3/h4-6,8-11,14,20,27H,7,12-13H2,1-3H3/b21-19+. The zero-order valence-corrected chi connectivity index (χ0v) is 18.8. The molecule has 0 spiro atoms. The molecule has 7 heteroatoms. The molecule has 1 atom stereocenters. The van der Waals surface area contributed by atoms with Crippen molar-refractivity contribution in [2.75, 3.05) is 34.3 Å². The number of benzene rings is 2. The second-order valence-electron chi connectivity index (χ2n) is 7.40. The van der Waals surface area contributed by atoms with Gasteiger partial charge in [-0.1, -0.05) is 40.2 Å².